The van der Waals surface area contributed by atoms with E-state index >= 15 is 0 Å². The van der Waals surface area contributed by atoms with Crippen molar-refractivity contribution in [1.82, 2.24) is 5.01 Å². The van der Waals surface area contributed by atoms with Gasteiger partial charge in [-0.3, -0.25) is 4.79 Å². The van der Waals surface area contributed by atoms with E-state index in [-0.39, 0.29) is 11.7 Å². The molecular weight excluding hydrogens is 407 g/mol. The zero-order valence-corrected chi connectivity index (χ0v) is 15.9. The molecule has 0 fully saturated rings. The number of hydrogen-bond donors (Lipinski definition) is 0. The lowest BCUT2D eigenvalue weighted by atomic mass is 9.97. The summed E-state index contributed by atoms with van der Waals surface area (Å²) in [5, 5.41) is 5.99. The van der Waals surface area contributed by atoms with E-state index in [1.165, 1.54) is 11.1 Å². The van der Waals surface area contributed by atoms with Gasteiger partial charge in [-0.25, -0.2) is 9.40 Å². The SMILES string of the molecule is O=C(c1ccccc1)N1N=C(c2ccc(Br)cc2)C[C@H]1c1ccccc1F. The smallest absolute Gasteiger partial charge is 0.267 e. The highest BCUT2D eigenvalue weighted by molar-refractivity contribution is 9.10. The van der Waals surface area contributed by atoms with Crippen LogP contribution in [0.5, 0.6) is 0 Å². The molecule has 0 bridgehead atoms. The first-order chi connectivity index (χ1) is 13.1. The average Bonchev–Trinajstić information content (AvgIpc) is 3.14. The first kappa shape index (κ1) is 17.6. The van der Waals surface area contributed by atoms with E-state index in [2.05, 4.69) is 21.0 Å². The molecule has 0 aromatic heterocycles. The molecule has 134 valence electrons. The molecule has 1 atom stereocenters. The Kier molecular flexibility index (Phi) is 4.86. The third-order valence-electron chi connectivity index (χ3n) is 4.58. The van der Waals surface area contributed by atoms with Gasteiger partial charge in [0, 0.05) is 22.0 Å². The van der Waals surface area contributed by atoms with Crippen molar-refractivity contribution in [1.29, 1.82) is 0 Å². The number of halogens is 2. The molecule has 3 aromatic carbocycles. The van der Waals surface area contributed by atoms with Gasteiger partial charge in [-0.15, -0.1) is 0 Å². The second-order valence-electron chi connectivity index (χ2n) is 6.31. The van der Waals surface area contributed by atoms with E-state index in [1.54, 1.807) is 42.5 Å². The number of carbonyl (C=O) groups excluding carboxylic acids is 1. The zero-order valence-electron chi connectivity index (χ0n) is 14.3. The maximum atomic E-state index is 14.5. The van der Waals surface area contributed by atoms with Crippen molar-refractivity contribution in [3.63, 3.8) is 0 Å². The largest absolute Gasteiger partial charge is 0.274 e. The summed E-state index contributed by atoms with van der Waals surface area (Å²) >= 11 is 3.42. The molecule has 1 aliphatic rings. The molecule has 0 aliphatic carbocycles. The highest BCUT2D eigenvalue weighted by atomic mass is 79.9. The first-order valence-corrected chi connectivity index (χ1v) is 9.39. The second kappa shape index (κ2) is 7.45. The van der Waals surface area contributed by atoms with Gasteiger partial charge in [0.05, 0.1) is 11.8 Å². The molecule has 0 spiro atoms. The lowest BCUT2D eigenvalue weighted by molar-refractivity contribution is 0.0708. The number of rotatable bonds is 3. The maximum Gasteiger partial charge on any atom is 0.274 e. The molecule has 3 nitrogen and oxygen atoms in total. The fourth-order valence-electron chi connectivity index (χ4n) is 3.22. The highest BCUT2D eigenvalue weighted by Gasteiger charge is 2.35. The predicted molar refractivity (Wildman–Crippen MR) is 107 cm³/mol. The van der Waals surface area contributed by atoms with E-state index in [4.69, 9.17) is 0 Å². The van der Waals surface area contributed by atoms with Crippen LogP contribution in [0.15, 0.2) is 88.4 Å². The van der Waals surface area contributed by atoms with E-state index in [1.807, 2.05) is 30.3 Å². The normalized spacial score (nSPS) is 16.3. The highest BCUT2D eigenvalue weighted by Crippen LogP contribution is 2.35. The molecule has 4 rings (SSSR count). The van der Waals surface area contributed by atoms with Crippen molar-refractivity contribution in [3.8, 4) is 0 Å². The third kappa shape index (κ3) is 3.55. The summed E-state index contributed by atoms with van der Waals surface area (Å²) in [4.78, 5) is 13.1. The predicted octanol–water partition coefficient (Wildman–Crippen LogP) is 5.58. The van der Waals surface area contributed by atoms with Gasteiger partial charge in [-0.05, 0) is 35.9 Å². The van der Waals surface area contributed by atoms with Crippen molar-refractivity contribution in [2.45, 2.75) is 12.5 Å². The summed E-state index contributed by atoms with van der Waals surface area (Å²) in [5.74, 6) is -0.573. The van der Waals surface area contributed by atoms with E-state index in [0.717, 1.165) is 15.7 Å². The topological polar surface area (TPSA) is 32.7 Å². The molecule has 1 heterocycles. The van der Waals surface area contributed by atoms with Crippen LogP contribution in [0.1, 0.15) is 33.9 Å². The van der Waals surface area contributed by atoms with Crippen LogP contribution in [-0.4, -0.2) is 16.6 Å². The number of hydrazone groups is 1. The van der Waals surface area contributed by atoms with Crippen LogP contribution in [0, 0.1) is 5.82 Å². The zero-order chi connectivity index (χ0) is 18.8. The molecule has 0 N–H and O–H groups in total. The van der Waals surface area contributed by atoms with E-state index in [9.17, 15) is 9.18 Å². The van der Waals surface area contributed by atoms with Crippen LogP contribution in [0.25, 0.3) is 0 Å². The number of nitrogens with zero attached hydrogens (tertiary/aromatic N) is 2. The molecule has 0 saturated carbocycles. The quantitative estimate of drug-likeness (QED) is 0.542. The Morgan fingerprint density at radius 2 is 1.63 bits per heavy atom. The molecule has 5 heteroatoms. The number of hydrogen-bond acceptors (Lipinski definition) is 2. The van der Waals surface area contributed by atoms with Crippen molar-refractivity contribution < 1.29 is 9.18 Å². The monoisotopic (exact) mass is 422 g/mol. The van der Waals surface area contributed by atoms with Gasteiger partial charge in [-0.1, -0.05) is 64.5 Å². The number of carbonyl (C=O) groups is 1. The second-order valence-corrected chi connectivity index (χ2v) is 7.23. The Labute approximate surface area is 165 Å². The van der Waals surface area contributed by atoms with Crippen LogP contribution in [0.2, 0.25) is 0 Å². The Bertz CT molecular complexity index is 1000. The van der Waals surface area contributed by atoms with E-state index in [0.29, 0.717) is 17.5 Å². The summed E-state index contributed by atoms with van der Waals surface area (Å²) in [6, 6.07) is 22.8. The van der Waals surface area contributed by atoms with Gasteiger partial charge >= 0.3 is 0 Å². The number of amides is 1. The molecule has 0 radical (unpaired) electrons. The fraction of sp³-hybridized carbons (Fsp3) is 0.0909. The lowest BCUT2D eigenvalue weighted by Gasteiger charge is -2.22. The van der Waals surface area contributed by atoms with Crippen LogP contribution in [0.3, 0.4) is 0 Å². The van der Waals surface area contributed by atoms with Gasteiger partial charge in [0.1, 0.15) is 5.82 Å². The summed E-state index contributed by atoms with van der Waals surface area (Å²) in [6.07, 6.45) is 0.459. The maximum absolute atomic E-state index is 14.5. The Hall–Kier alpha value is -2.79. The van der Waals surface area contributed by atoms with Gasteiger partial charge in [0.15, 0.2) is 0 Å². The van der Waals surface area contributed by atoms with Gasteiger partial charge in [0.25, 0.3) is 5.91 Å². The fourth-order valence-corrected chi connectivity index (χ4v) is 3.48. The van der Waals surface area contributed by atoms with Gasteiger partial charge in [-0.2, -0.15) is 5.10 Å². The van der Waals surface area contributed by atoms with Crippen LogP contribution >= 0.6 is 15.9 Å². The molecule has 1 aliphatic heterocycles. The summed E-state index contributed by atoms with van der Waals surface area (Å²) in [7, 11) is 0. The molecule has 27 heavy (non-hydrogen) atoms. The van der Waals surface area contributed by atoms with Crippen LogP contribution in [-0.2, 0) is 0 Å². The molecule has 3 aromatic rings. The summed E-state index contributed by atoms with van der Waals surface area (Å²) in [6.45, 7) is 0. The molecular formula is C22H16BrFN2O. The van der Waals surface area contributed by atoms with Crippen LogP contribution in [0.4, 0.5) is 4.39 Å². The van der Waals surface area contributed by atoms with Gasteiger partial charge in [0.2, 0.25) is 0 Å². The minimum absolute atomic E-state index is 0.240. The van der Waals surface area contributed by atoms with Crippen molar-refractivity contribution in [2.24, 2.45) is 5.10 Å². The molecule has 0 saturated heterocycles. The minimum atomic E-state index is -0.474. The van der Waals surface area contributed by atoms with Gasteiger partial charge < -0.3 is 0 Å². The standard InChI is InChI=1S/C22H16BrFN2O/c23-17-12-10-15(11-13-17)20-14-21(18-8-4-5-9-19(18)24)26(25-20)22(27)16-6-2-1-3-7-16/h1-13,21H,14H2/t21-/m0/s1. The molecule has 0 unspecified atom stereocenters. The van der Waals surface area contributed by atoms with Crippen molar-refractivity contribution in [3.05, 3.63) is 106 Å². The van der Waals surface area contributed by atoms with Crippen LogP contribution < -0.4 is 0 Å². The Balaban J connectivity index is 1.75. The average molecular weight is 423 g/mol. The lowest BCUT2D eigenvalue weighted by Crippen LogP contribution is -2.27. The third-order valence-corrected chi connectivity index (χ3v) is 5.11. The summed E-state index contributed by atoms with van der Waals surface area (Å²) in [5.41, 5.74) is 2.68. The van der Waals surface area contributed by atoms with E-state index < -0.39 is 6.04 Å². The minimum Gasteiger partial charge on any atom is -0.267 e. The Morgan fingerprint density at radius 3 is 2.33 bits per heavy atom. The van der Waals surface area contributed by atoms with Crippen molar-refractivity contribution in [2.75, 3.05) is 0 Å². The number of benzene rings is 3. The summed E-state index contributed by atoms with van der Waals surface area (Å²) < 4.78 is 15.4. The first-order valence-electron chi connectivity index (χ1n) is 8.60. The Morgan fingerprint density at radius 1 is 0.963 bits per heavy atom. The molecule has 1 amide bonds. The van der Waals surface area contributed by atoms with Crippen molar-refractivity contribution >= 4 is 27.5 Å².